The first-order valence-electron chi connectivity index (χ1n) is 10.3. The molecule has 0 spiro atoms. The Kier molecular flexibility index (Phi) is 15.4. The predicted octanol–water partition coefficient (Wildman–Crippen LogP) is 1.93. The van der Waals surface area contributed by atoms with Crippen molar-refractivity contribution in [2.75, 3.05) is 32.8 Å². The van der Waals surface area contributed by atoms with Crippen LogP contribution in [0, 0.1) is 0 Å². The van der Waals surface area contributed by atoms with E-state index in [2.05, 4.69) is 13.8 Å². The second kappa shape index (κ2) is 15.3. The number of likely N-dealkylation sites (N-methyl/N-ethyl adjacent to an activating group) is 1. The predicted molar refractivity (Wildman–Crippen MR) is 101 cm³/mol. The van der Waals surface area contributed by atoms with Crippen molar-refractivity contribution in [3.8, 4) is 0 Å². The maximum absolute atomic E-state index is 9.33. The Bertz CT molecular complexity index is 323. The molecule has 1 rings (SSSR count). The first kappa shape index (κ1) is 24.1. The van der Waals surface area contributed by atoms with E-state index in [1.165, 1.54) is 76.5 Å². The summed E-state index contributed by atoms with van der Waals surface area (Å²) < 4.78 is 0.953. The number of aliphatic hydroxyl groups is 1. The summed E-state index contributed by atoms with van der Waals surface area (Å²) in [6.45, 7) is 8.79. The number of hydrogen-bond donors (Lipinski definition) is 1. The van der Waals surface area contributed by atoms with Crippen molar-refractivity contribution in [2.24, 2.45) is 4.99 Å². The number of rotatable bonds is 15. The molecule has 0 bridgehead atoms. The summed E-state index contributed by atoms with van der Waals surface area (Å²) in [7, 11) is 0. The van der Waals surface area contributed by atoms with Crippen LogP contribution in [-0.2, 0) is 0 Å². The molecule has 1 N–H and O–H groups in total. The Morgan fingerprint density at radius 2 is 1.42 bits per heavy atom. The van der Waals surface area contributed by atoms with Crippen LogP contribution in [0.2, 0.25) is 0 Å². The fourth-order valence-corrected chi connectivity index (χ4v) is 3.84. The zero-order chi connectivity index (χ0) is 16.8. The van der Waals surface area contributed by atoms with E-state index in [0.717, 1.165) is 37.1 Å². The molecule has 24 heavy (non-hydrogen) atoms. The topological polar surface area (TPSA) is 32.6 Å². The van der Waals surface area contributed by atoms with Crippen LogP contribution in [0.25, 0.3) is 0 Å². The van der Waals surface area contributed by atoms with Crippen LogP contribution in [0.15, 0.2) is 4.99 Å². The first-order valence-corrected chi connectivity index (χ1v) is 10.3. The lowest BCUT2D eigenvalue weighted by Crippen LogP contribution is -3.00. The smallest absolute Gasteiger partial charge is 0.198 e. The van der Waals surface area contributed by atoms with E-state index >= 15 is 0 Å². The highest BCUT2D eigenvalue weighted by Crippen LogP contribution is 2.20. The maximum Gasteiger partial charge on any atom is 0.198 e. The van der Waals surface area contributed by atoms with Crippen LogP contribution in [0.3, 0.4) is 0 Å². The van der Waals surface area contributed by atoms with Gasteiger partial charge in [0.1, 0.15) is 13.1 Å². The molecular weight excluding hydrogens is 364 g/mol. The van der Waals surface area contributed by atoms with Gasteiger partial charge in [0.2, 0.25) is 0 Å². The Morgan fingerprint density at radius 3 is 1.92 bits per heavy atom. The van der Waals surface area contributed by atoms with Crippen LogP contribution in [0.1, 0.15) is 90.9 Å². The van der Waals surface area contributed by atoms with Gasteiger partial charge >= 0.3 is 0 Å². The molecule has 144 valence electrons. The summed E-state index contributed by atoms with van der Waals surface area (Å²) in [6, 6.07) is 0. The number of aliphatic imine (C=N–C) groups is 1. The van der Waals surface area contributed by atoms with Crippen LogP contribution >= 0.6 is 0 Å². The summed E-state index contributed by atoms with van der Waals surface area (Å²) in [5.41, 5.74) is 0. The normalized spacial score (nSPS) is 20.0. The third-order valence-corrected chi connectivity index (χ3v) is 5.51. The molecular formula is C20H41BrN2O. The van der Waals surface area contributed by atoms with Crippen molar-refractivity contribution in [1.82, 2.24) is 0 Å². The van der Waals surface area contributed by atoms with Gasteiger partial charge in [0.15, 0.2) is 5.84 Å². The molecule has 0 aromatic carbocycles. The molecule has 1 aliphatic heterocycles. The number of halogens is 1. The molecule has 0 fully saturated rings. The summed E-state index contributed by atoms with van der Waals surface area (Å²) in [6.07, 6.45) is 16.5. The van der Waals surface area contributed by atoms with E-state index in [9.17, 15) is 5.11 Å². The monoisotopic (exact) mass is 404 g/mol. The van der Waals surface area contributed by atoms with Crippen molar-refractivity contribution < 1.29 is 26.6 Å². The summed E-state index contributed by atoms with van der Waals surface area (Å²) in [5, 5.41) is 9.33. The van der Waals surface area contributed by atoms with E-state index in [0.29, 0.717) is 0 Å². The Morgan fingerprint density at radius 1 is 0.875 bits per heavy atom. The van der Waals surface area contributed by atoms with Crippen LogP contribution < -0.4 is 17.0 Å². The molecule has 3 nitrogen and oxygen atoms in total. The summed E-state index contributed by atoms with van der Waals surface area (Å²) >= 11 is 0. The minimum Gasteiger partial charge on any atom is -1.00 e. The average Bonchev–Trinajstić information content (AvgIpc) is 2.96. The minimum absolute atomic E-state index is 0. The number of quaternary nitrogens is 1. The summed E-state index contributed by atoms with van der Waals surface area (Å²) in [4.78, 5) is 4.74. The van der Waals surface area contributed by atoms with Gasteiger partial charge in [-0.05, 0) is 13.3 Å². The van der Waals surface area contributed by atoms with E-state index < -0.39 is 0 Å². The second-order valence-corrected chi connectivity index (χ2v) is 7.22. The number of aliphatic hydroxyl groups excluding tert-OH is 1. The van der Waals surface area contributed by atoms with E-state index in [-0.39, 0.29) is 23.6 Å². The highest BCUT2D eigenvalue weighted by Gasteiger charge is 2.35. The highest BCUT2D eigenvalue weighted by atomic mass is 79.9. The standard InChI is InChI=1S/C20H41N2O.BrH/c1-3-5-6-7-8-9-10-11-12-13-14-15-20-21-16-17-22(20,4-2)18-19-23;/h23H,3-19H2,1-2H3;1H/q+1;/p-1. The fourth-order valence-electron chi connectivity index (χ4n) is 3.84. The van der Waals surface area contributed by atoms with Crippen molar-refractivity contribution in [3.05, 3.63) is 0 Å². The molecule has 1 unspecified atom stereocenters. The zero-order valence-corrected chi connectivity index (χ0v) is 17.8. The van der Waals surface area contributed by atoms with Crippen molar-refractivity contribution in [3.63, 3.8) is 0 Å². The highest BCUT2D eigenvalue weighted by molar-refractivity contribution is 5.76. The largest absolute Gasteiger partial charge is 1.00 e. The number of hydrogen-bond acceptors (Lipinski definition) is 2. The van der Waals surface area contributed by atoms with E-state index in [4.69, 9.17) is 4.99 Å². The Hall–Kier alpha value is 0.0700. The van der Waals surface area contributed by atoms with Crippen LogP contribution in [0.4, 0.5) is 0 Å². The molecule has 0 saturated heterocycles. The van der Waals surface area contributed by atoms with Gasteiger partial charge in [0.05, 0.1) is 19.7 Å². The SMILES string of the molecule is CCCCCCCCCCCCCC1=NCC[N+]1(CC)CCO.[Br-]. The molecule has 0 aromatic heterocycles. The molecule has 0 amide bonds. The van der Waals surface area contributed by atoms with Gasteiger partial charge in [-0.3, -0.25) is 4.48 Å². The van der Waals surface area contributed by atoms with Crippen molar-refractivity contribution >= 4 is 5.84 Å². The van der Waals surface area contributed by atoms with Gasteiger partial charge in [0.25, 0.3) is 0 Å². The molecule has 4 heteroatoms. The maximum atomic E-state index is 9.33. The molecule has 0 aliphatic carbocycles. The molecule has 1 atom stereocenters. The van der Waals surface area contributed by atoms with E-state index in [1.807, 2.05) is 0 Å². The van der Waals surface area contributed by atoms with Gasteiger partial charge in [-0.25, -0.2) is 4.99 Å². The van der Waals surface area contributed by atoms with Gasteiger partial charge in [-0.15, -0.1) is 0 Å². The van der Waals surface area contributed by atoms with Crippen LogP contribution in [-0.4, -0.2) is 48.2 Å². The lowest BCUT2D eigenvalue weighted by Gasteiger charge is -2.33. The van der Waals surface area contributed by atoms with E-state index in [1.54, 1.807) is 0 Å². The third kappa shape index (κ3) is 8.96. The number of amidine groups is 1. The average molecular weight is 405 g/mol. The fraction of sp³-hybridized carbons (Fsp3) is 0.950. The molecule has 1 aliphatic rings. The quantitative estimate of drug-likeness (QED) is 0.328. The van der Waals surface area contributed by atoms with Crippen LogP contribution in [0.5, 0.6) is 0 Å². The number of nitrogens with zero attached hydrogens (tertiary/aromatic N) is 2. The zero-order valence-electron chi connectivity index (χ0n) is 16.2. The Balaban J connectivity index is 0.00000529. The van der Waals surface area contributed by atoms with Gasteiger partial charge in [-0.1, -0.05) is 71.1 Å². The van der Waals surface area contributed by atoms with Gasteiger partial charge < -0.3 is 22.1 Å². The molecule has 1 heterocycles. The summed E-state index contributed by atoms with van der Waals surface area (Å²) in [5.74, 6) is 1.36. The van der Waals surface area contributed by atoms with Gasteiger partial charge in [-0.2, -0.15) is 0 Å². The van der Waals surface area contributed by atoms with Crippen molar-refractivity contribution in [1.29, 1.82) is 0 Å². The third-order valence-electron chi connectivity index (χ3n) is 5.51. The first-order chi connectivity index (χ1) is 11.3. The Labute approximate surface area is 161 Å². The molecule has 0 radical (unpaired) electrons. The van der Waals surface area contributed by atoms with Crippen molar-refractivity contribution in [2.45, 2.75) is 90.9 Å². The second-order valence-electron chi connectivity index (χ2n) is 7.22. The lowest BCUT2D eigenvalue weighted by molar-refractivity contribution is -0.835. The number of unbranched alkanes of at least 4 members (excludes halogenated alkanes) is 10. The lowest BCUT2D eigenvalue weighted by atomic mass is 10.0. The molecule has 0 saturated carbocycles. The minimum atomic E-state index is 0. The van der Waals surface area contributed by atoms with Gasteiger partial charge in [0, 0.05) is 6.42 Å². The molecule has 0 aromatic rings.